The van der Waals surface area contributed by atoms with E-state index in [2.05, 4.69) is 16.0 Å². The molecule has 5 N–H and O–H groups in total. The number of carbonyl (C=O) groups excluding carboxylic acids is 4. The van der Waals surface area contributed by atoms with Gasteiger partial charge >= 0.3 is 0 Å². The molecule has 0 radical (unpaired) electrons. The first-order chi connectivity index (χ1) is 15.9. The molecule has 8 nitrogen and oxygen atoms in total. The van der Waals surface area contributed by atoms with Gasteiger partial charge in [0.15, 0.2) is 0 Å². The Morgan fingerprint density at radius 1 is 0.818 bits per heavy atom. The zero-order chi connectivity index (χ0) is 23.6. The molecule has 4 amide bonds. The molecule has 1 atom stereocenters. The largest absolute Gasteiger partial charge is 0.368 e. The highest BCUT2D eigenvalue weighted by Crippen LogP contribution is 2.11. The molecule has 170 valence electrons. The van der Waals surface area contributed by atoms with E-state index in [4.69, 9.17) is 5.73 Å². The van der Waals surface area contributed by atoms with E-state index in [0.717, 1.165) is 11.1 Å². The third kappa shape index (κ3) is 7.29. The van der Waals surface area contributed by atoms with Gasteiger partial charge in [0.2, 0.25) is 11.8 Å². The highest BCUT2D eigenvalue weighted by Gasteiger charge is 2.22. The number of nitrogens with one attached hydrogen (secondary N) is 3. The van der Waals surface area contributed by atoms with Crippen molar-refractivity contribution in [3.8, 4) is 0 Å². The summed E-state index contributed by atoms with van der Waals surface area (Å²) in [5, 5.41) is 9.88. The number of carbonyl (C=O) groups is 4. The maximum Gasteiger partial charge on any atom is 0.262 e. The molecule has 33 heavy (non-hydrogen) atoms. The summed E-state index contributed by atoms with van der Waals surface area (Å²) < 4.78 is 0. The fourth-order valence-electron chi connectivity index (χ4n) is 3.05. The molecule has 0 saturated heterocycles. The van der Waals surface area contributed by atoms with Crippen LogP contribution in [0.25, 0.3) is 0 Å². The lowest BCUT2D eigenvalue weighted by molar-refractivity contribution is -0.123. The van der Waals surface area contributed by atoms with Crippen molar-refractivity contribution in [1.82, 2.24) is 16.0 Å². The van der Waals surface area contributed by atoms with Gasteiger partial charge in [0, 0.05) is 18.5 Å². The standard InChI is InChI=1S/C24H24N4O4S/c25-21(29)15-27-22(30)18-10-8-17(9-11-18)14-26-23(31)19(13-16-5-2-1-3-6-16)28-24(32)20-7-4-12-33-20/h1-12,19H,13-15H2,(H2,25,29)(H,26,31)(H,27,30)(H,28,32). The zero-order valence-corrected chi connectivity index (χ0v) is 18.6. The third-order valence-electron chi connectivity index (χ3n) is 4.76. The van der Waals surface area contributed by atoms with Crippen molar-refractivity contribution in [3.05, 3.63) is 93.7 Å². The minimum atomic E-state index is -0.749. The molecular weight excluding hydrogens is 440 g/mol. The maximum absolute atomic E-state index is 12.9. The Morgan fingerprint density at radius 2 is 1.55 bits per heavy atom. The second kappa shape index (κ2) is 11.6. The van der Waals surface area contributed by atoms with Crippen LogP contribution in [0.2, 0.25) is 0 Å². The fourth-order valence-corrected chi connectivity index (χ4v) is 3.68. The van der Waals surface area contributed by atoms with Crippen LogP contribution in [-0.4, -0.2) is 36.2 Å². The van der Waals surface area contributed by atoms with E-state index in [9.17, 15) is 19.2 Å². The smallest absolute Gasteiger partial charge is 0.262 e. The molecule has 2 aromatic carbocycles. The summed E-state index contributed by atoms with van der Waals surface area (Å²) in [4.78, 5) is 48.7. The van der Waals surface area contributed by atoms with Gasteiger partial charge in [0.1, 0.15) is 6.04 Å². The van der Waals surface area contributed by atoms with Crippen molar-refractivity contribution < 1.29 is 19.2 Å². The van der Waals surface area contributed by atoms with Crippen molar-refractivity contribution in [2.75, 3.05) is 6.54 Å². The quantitative estimate of drug-likeness (QED) is 0.363. The molecule has 0 fully saturated rings. The number of amides is 4. The summed E-state index contributed by atoms with van der Waals surface area (Å²) >= 11 is 1.31. The van der Waals surface area contributed by atoms with Crippen LogP contribution >= 0.6 is 11.3 Å². The van der Waals surface area contributed by atoms with Gasteiger partial charge in [-0.1, -0.05) is 48.5 Å². The molecule has 0 aliphatic rings. The maximum atomic E-state index is 12.9. The SMILES string of the molecule is NC(=O)CNC(=O)c1ccc(CNC(=O)C(Cc2ccccc2)NC(=O)c2cccs2)cc1. The van der Waals surface area contributed by atoms with E-state index < -0.39 is 17.9 Å². The molecule has 1 heterocycles. The average molecular weight is 465 g/mol. The first kappa shape index (κ1) is 23.7. The molecule has 0 aliphatic heterocycles. The molecule has 1 aromatic heterocycles. The Bertz CT molecular complexity index is 1100. The van der Waals surface area contributed by atoms with Crippen LogP contribution in [0.4, 0.5) is 0 Å². The van der Waals surface area contributed by atoms with Crippen LogP contribution in [0.5, 0.6) is 0 Å². The molecular formula is C24H24N4O4S. The Kier molecular flexibility index (Phi) is 8.31. The zero-order valence-electron chi connectivity index (χ0n) is 17.7. The van der Waals surface area contributed by atoms with E-state index in [1.165, 1.54) is 11.3 Å². The van der Waals surface area contributed by atoms with Crippen LogP contribution in [0, 0.1) is 0 Å². The summed E-state index contributed by atoms with van der Waals surface area (Å²) in [6, 6.07) is 18.8. The van der Waals surface area contributed by atoms with Gasteiger partial charge in [-0.05, 0) is 34.7 Å². The molecule has 1 unspecified atom stereocenters. The van der Waals surface area contributed by atoms with Gasteiger partial charge in [-0.3, -0.25) is 19.2 Å². The normalized spacial score (nSPS) is 11.3. The Labute approximate surface area is 195 Å². The molecule has 0 bridgehead atoms. The van der Waals surface area contributed by atoms with Crippen LogP contribution in [0.3, 0.4) is 0 Å². The number of hydrogen-bond acceptors (Lipinski definition) is 5. The second-order valence-electron chi connectivity index (χ2n) is 7.26. The number of benzene rings is 2. The summed E-state index contributed by atoms with van der Waals surface area (Å²) in [6.45, 7) is -0.0151. The first-order valence-electron chi connectivity index (χ1n) is 10.2. The fraction of sp³-hybridized carbons (Fsp3) is 0.167. The van der Waals surface area contributed by atoms with E-state index in [1.54, 1.807) is 41.8 Å². The van der Waals surface area contributed by atoms with Crippen LogP contribution in [0.1, 0.15) is 31.2 Å². The van der Waals surface area contributed by atoms with Crippen molar-refractivity contribution in [2.24, 2.45) is 5.73 Å². The summed E-state index contributed by atoms with van der Waals surface area (Å²) in [5.74, 6) is -1.65. The molecule has 0 aliphatic carbocycles. The predicted molar refractivity (Wildman–Crippen MR) is 126 cm³/mol. The molecule has 0 spiro atoms. The Balaban J connectivity index is 1.61. The van der Waals surface area contributed by atoms with Gasteiger partial charge in [-0.2, -0.15) is 0 Å². The summed E-state index contributed by atoms with van der Waals surface area (Å²) in [6.07, 6.45) is 0.350. The average Bonchev–Trinajstić information content (AvgIpc) is 3.37. The van der Waals surface area contributed by atoms with Gasteiger partial charge < -0.3 is 21.7 Å². The minimum Gasteiger partial charge on any atom is -0.368 e. The first-order valence-corrected chi connectivity index (χ1v) is 11.1. The number of nitrogens with two attached hydrogens (primary N) is 1. The van der Waals surface area contributed by atoms with Crippen LogP contribution in [0.15, 0.2) is 72.1 Å². The van der Waals surface area contributed by atoms with E-state index >= 15 is 0 Å². The van der Waals surface area contributed by atoms with Gasteiger partial charge in [0.25, 0.3) is 11.8 Å². The van der Waals surface area contributed by atoms with Gasteiger partial charge in [-0.25, -0.2) is 0 Å². The third-order valence-corrected chi connectivity index (χ3v) is 5.62. The number of primary amides is 1. The van der Waals surface area contributed by atoms with Crippen molar-refractivity contribution in [1.29, 1.82) is 0 Å². The molecule has 0 saturated carbocycles. The number of thiophene rings is 1. The lowest BCUT2D eigenvalue weighted by atomic mass is 10.0. The number of hydrogen-bond donors (Lipinski definition) is 4. The lowest BCUT2D eigenvalue weighted by Crippen LogP contribution is -2.47. The van der Waals surface area contributed by atoms with E-state index in [1.807, 2.05) is 30.3 Å². The lowest BCUT2D eigenvalue weighted by Gasteiger charge is -2.18. The second-order valence-corrected chi connectivity index (χ2v) is 8.20. The van der Waals surface area contributed by atoms with Crippen molar-refractivity contribution in [2.45, 2.75) is 19.0 Å². The molecule has 3 rings (SSSR count). The Hall–Kier alpha value is -3.98. The Morgan fingerprint density at radius 3 is 2.18 bits per heavy atom. The highest BCUT2D eigenvalue weighted by molar-refractivity contribution is 7.12. The topological polar surface area (TPSA) is 130 Å². The highest BCUT2D eigenvalue weighted by atomic mass is 32.1. The van der Waals surface area contributed by atoms with E-state index in [0.29, 0.717) is 16.9 Å². The predicted octanol–water partition coefficient (Wildman–Crippen LogP) is 1.62. The van der Waals surface area contributed by atoms with Crippen molar-refractivity contribution in [3.63, 3.8) is 0 Å². The molecule has 3 aromatic rings. The van der Waals surface area contributed by atoms with Gasteiger partial charge in [-0.15, -0.1) is 11.3 Å². The summed E-state index contributed by atoms with van der Waals surface area (Å²) in [7, 11) is 0. The summed E-state index contributed by atoms with van der Waals surface area (Å²) in [5.41, 5.74) is 7.10. The minimum absolute atomic E-state index is 0.224. The van der Waals surface area contributed by atoms with Crippen LogP contribution in [-0.2, 0) is 22.6 Å². The van der Waals surface area contributed by atoms with Gasteiger partial charge in [0.05, 0.1) is 11.4 Å². The van der Waals surface area contributed by atoms with Crippen LogP contribution < -0.4 is 21.7 Å². The monoisotopic (exact) mass is 464 g/mol. The van der Waals surface area contributed by atoms with E-state index in [-0.39, 0.29) is 24.9 Å². The number of rotatable bonds is 10. The molecule has 9 heteroatoms. The van der Waals surface area contributed by atoms with Crippen molar-refractivity contribution >= 4 is 35.0 Å².